The Hall–Kier alpha value is -1.07. The summed E-state index contributed by atoms with van der Waals surface area (Å²) in [7, 11) is 1.65. The van der Waals surface area contributed by atoms with E-state index >= 15 is 0 Å². The molecule has 0 saturated carbocycles. The van der Waals surface area contributed by atoms with Crippen LogP contribution in [0.3, 0.4) is 0 Å². The number of rotatable bonds is 9. The number of amides is 1. The van der Waals surface area contributed by atoms with Gasteiger partial charge in [-0.3, -0.25) is 4.79 Å². The SMILES string of the molecule is CNC(=O)CCCOc1ccc(Br)c(CNCC(C)C)c1. The van der Waals surface area contributed by atoms with Gasteiger partial charge in [0.15, 0.2) is 0 Å². The van der Waals surface area contributed by atoms with Gasteiger partial charge >= 0.3 is 0 Å². The molecule has 0 bridgehead atoms. The van der Waals surface area contributed by atoms with E-state index in [1.807, 2.05) is 18.2 Å². The zero-order chi connectivity index (χ0) is 15.7. The van der Waals surface area contributed by atoms with Crippen LogP contribution in [0.5, 0.6) is 5.75 Å². The Morgan fingerprint density at radius 2 is 2.14 bits per heavy atom. The van der Waals surface area contributed by atoms with Gasteiger partial charge in [0, 0.05) is 24.5 Å². The zero-order valence-corrected chi connectivity index (χ0v) is 14.6. The molecule has 5 heteroatoms. The van der Waals surface area contributed by atoms with Gasteiger partial charge in [0.05, 0.1) is 6.61 Å². The minimum atomic E-state index is 0.0491. The van der Waals surface area contributed by atoms with Crippen LogP contribution in [0.1, 0.15) is 32.3 Å². The lowest BCUT2D eigenvalue weighted by Gasteiger charge is -2.11. The van der Waals surface area contributed by atoms with Crippen LogP contribution in [0.2, 0.25) is 0 Å². The quantitative estimate of drug-likeness (QED) is 0.668. The minimum Gasteiger partial charge on any atom is -0.494 e. The van der Waals surface area contributed by atoms with Crippen LogP contribution in [0, 0.1) is 5.92 Å². The molecule has 0 heterocycles. The van der Waals surface area contributed by atoms with Gasteiger partial charge in [0.2, 0.25) is 5.91 Å². The van der Waals surface area contributed by atoms with Crippen molar-refractivity contribution in [2.45, 2.75) is 33.2 Å². The second-order valence-electron chi connectivity index (χ2n) is 5.40. The van der Waals surface area contributed by atoms with Crippen LogP contribution in [0.25, 0.3) is 0 Å². The molecule has 0 unspecified atom stereocenters. The van der Waals surface area contributed by atoms with E-state index in [1.165, 1.54) is 5.56 Å². The maximum Gasteiger partial charge on any atom is 0.219 e. The maximum atomic E-state index is 11.1. The first-order valence-electron chi connectivity index (χ1n) is 7.35. The molecule has 0 saturated heterocycles. The molecule has 118 valence electrons. The van der Waals surface area contributed by atoms with E-state index in [4.69, 9.17) is 4.74 Å². The summed E-state index contributed by atoms with van der Waals surface area (Å²) in [4.78, 5) is 11.1. The molecule has 0 atom stereocenters. The highest BCUT2D eigenvalue weighted by Crippen LogP contribution is 2.22. The lowest BCUT2D eigenvalue weighted by molar-refractivity contribution is -0.120. The first-order valence-corrected chi connectivity index (χ1v) is 8.14. The zero-order valence-electron chi connectivity index (χ0n) is 13.0. The monoisotopic (exact) mass is 356 g/mol. The number of nitrogens with one attached hydrogen (secondary N) is 2. The Balaban J connectivity index is 2.43. The van der Waals surface area contributed by atoms with Crippen molar-refractivity contribution >= 4 is 21.8 Å². The summed E-state index contributed by atoms with van der Waals surface area (Å²) in [5.74, 6) is 1.53. The number of halogens is 1. The van der Waals surface area contributed by atoms with Crippen LogP contribution in [0.4, 0.5) is 0 Å². The third-order valence-corrected chi connectivity index (χ3v) is 3.75. The van der Waals surface area contributed by atoms with Gasteiger partial charge in [-0.2, -0.15) is 0 Å². The fourth-order valence-electron chi connectivity index (χ4n) is 1.82. The number of hydrogen-bond donors (Lipinski definition) is 2. The fourth-order valence-corrected chi connectivity index (χ4v) is 2.21. The molecule has 2 N–H and O–H groups in total. The van der Waals surface area contributed by atoms with Gasteiger partial charge in [0.25, 0.3) is 0 Å². The van der Waals surface area contributed by atoms with Crippen LogP contribution in [0.15, 0.2) is 22.7 Å². The van der Waals surface area contributed by atoms with Crippen molar-refractivity contribution in [1.29, 1.82) is 0 Å². The second-order valence-corrected chi connectivity index (χ2v) is 6.26. The lowest BCUT2D eigenvalue weighted by Crippen LogP contribution is -2.19. The number of benzene rings is 1. The summed E-state index contributed by atoms with van der Waals surface area (Å²) in [6.45, 7) is 6.73. The first-order chi connectivity index (χ1) is 10.0. The van der Waals surface area contributed by atoms with E-state index in [0.717, 1.165) is 29.7 Å². The molecule has 0 spiro atoms. The van der Waals surface area contributed by atoms with Crippen molar-refractivity contribution in [2.24, 2.45) is 5.92 Å². The van der Waals surface area contributed by atoms with Crippen molar-refractivity contribution in [2.75, 3.05) is 20.2 Å². The third-order valence-electron chi connectivity index (χ3n) is 2.98. The van der Waals surface area contributed by atoms with Gasteiger partial charge in [-0.1, -0.05) is 29.8 Å². The van der Waals surface area contributed by atoms with Gasteiger partial charge in [-0.25, -0.2) is 0 Å². The highest BCUT2D eigenvalue weighted by Gasteiger charge is 2.04. The van der Waals surface area contributed by atoms with Gasteiger partial charge < -0.3 is 15.4 Å². The van der Waals surface area contributed by atoms with E-state index in [9.17, 15) is 4.79 Å². The normalized spacial score (nSPS) is 10.7. The molecule has 1 amide bonds. The van der Waals surface area contributed by atoms with Crippen LogP contribution < -0.4 is 15.4 Å². The van der Waals surface area contributed by atoms with E-state index in [0.29, 0.717) is 18.9 Å². The molecule has 0 aromatic heterocycles. The predicted octanol–water partition coefficient (Wildman–Crippen LogP) is 3.10. The topological polar surface area (TPSA) is 50.4 Å². The summed E-state index contributed by atoms with van der Waals surface area (Å²) in [6.07, 6.45) is 1.21. The Bertz CT molecular complexity index is 450. The molecule has 0 aliphatic rings. The largest absolute Gasteiger partial charge is 0.494 e. The van der Waals surface area contributed by atoms with Crippen molar-refractivity contribution in [3.63, 3.8) is 0 Å². The van der Waals surface area contributed by atoms with E-state index in [2.05, 4.69) is 40.4 Å². The molecule has 0 aliphatic carbocycles. The number of carbonyl (C=O) groups is 1. The van der Waals surface area contributed by atoms with Crippen molar-refractivity contribution in [1.82, 2.24) is 10.6 Å². The van der Waals surface area contributed by atoms with Gasteiger partial charge in [-0.15, -0.1) is 0 Å². The molecule has 1 rings (SSSR count). The Morgan fingerprint density at radius 3 is 2.81 bits per heavy atom. The van der Waals surface area contributed by atoms with Crippen molar-refractivity contribution in [3.05, 3.63) is 28.2 Å². The predicted molar refractivity (Wildman–Crippen MR) is 89.5 cm³/mol. The lowest BCUT2D eigenvalue weighted by atomic mass is 10.2. The van der Waals surface area contributed by atoms with E-state index in [1.54, 1.807) is 7.05 Å². The summed E-state index contributed by atoms with van der Waals surface area (Å²) >= 11 is 3.56. The Morgan fingerprint density at radius 1 is 1.38 bits per heavy atom. The number of carbonyl (C=O) groups excluding carboxylic acids is 1. The minimum absolute atomic E-state index is 0.0491. The molecule has 0 aliphatic heterocycles. The smallest absolute Gasteiger partial charge is 0.219 e. The van der Waals surface area contributed by atoms with E-state index in [-0.39, 0.29) is 5.91 Å². The second kappa shape index (κ2) is 9.79. The average molecular weight is 357 g/mol. The van der Waals surface area contributed by atoms with Crippen molar-refractivity contribution in [3.8, 4) is 5.75 Å². The summed E-state index contributed by atoms with van der Waals surface area (Å²) in [5, 5.41) is 6.02. The molecule has 1 aromatic carbocycles. The summed E-state index contributed by atoms with van der Waals surface area (Å²) in [6, 6.07) is 5.98. The molecule has 21 heavy (non-hydrogen) atoms. The first kappa shape index (κ1) is 18.0. The third kappa shape index (κ3) is 7.48. The summed E-state index contributed by atoms with van der Waals surface area (Å²) < 4.78 is 6.78. The number of hydrogen-bond acceptors (Lipinski definition) is 3. The molecule has 4 nitrogen and oxygen atoms in total. The van der Waals surface area contributed by atoms with Crippen LogP contribution >= 0.6 is 15.9 Å². The van der Waals surface area contributed by atoms with Crippen LogP contribution in [-0.2, 0) is 11.3 Å². The van der Waals surface area contributed by atoms with E-state index < -0.39 is 0 Å². The Labute approximate surface area is 135 Å². The van der Waals surface area contributed by atoms with Gasteiger partial charge in [0.1, 0.15) is 5.75 Å². The molecular weight excluding hydrogens is 332 g/mol. The highest BCUT2D eigenvalue weighted by molar-refractivity contribution is 9.10. The molecular formula is C16H25BrN2O2. The molecule has 0 radical (unpaired) electrons. The maximum absolute atomic E-state index is 11.1. The number of ether oxygens (including phenoxy) is 1. The highest BCUT2D eigenvalue weighted by atomic mass is 79.9. The summed E-state index contributed by atoms with van der Waals surface area (Å²) in [5.41, 5.74) is 1.18. The average Bonchev–Trinajstić information content (AvgIpc) is 2.45. The molecule has 1 aromatic rings. The Kier molecular flexibility index (Phi) is 8.38. The molecule has 0 fully saturated rings. The van der Waals surface area contributed by atoms with Crippen LogP contribution in [-0.4, -0.2) is 26.1 Å². The van der Waals surface area contributed by atoms with Crippen molar-refractivity contribution < 1.29 is 9.53 Å². The van der Waals surface area contributed by atoms with Gasteiger partial charge in [-0.05, 0) is 42.6 Å². The fraction of sp³-hybridized carbons (Fsp3) is 0.562. The standard InChI is InChI=1S/C16H25BrN2O2/c1-12(2)10-19-11-13-9-14(6-7-15(13)17)21-8-4-5-16(20)18-3/h6-7,9,12,19H,4-5,8,10-11H2,1-3H3,(H,18,20).